The van der Waals surface area contributed by atoms with Crippen molar-refractivity contribution in [3.05, 3.63) is 29.3 Å². The number of rotatable bonds is 3. The lowest BCUT2D eigenvalue weighted by molar-refractivity contribution is 0.204. The number of hydrogen-bond donors (Lipinski definition) is 2. The third-order valence-electron chi connectivity index (χ3n) is 4.41. The summed E-state index contributed by atoms with van der Waals surface area (Å²) in [6, 6.07) is 6.63. The number of benzene rings is 1. The predicted octanol–water partition coefficient (Wildman–Crippen LogP) is 1.71. The van der Waals surface area contributed by atoms with Crippen molar-refractivity contribution in [3.8, 4) is 0 Å². The van der Waals surface area contributed by atoms with Crippen LogP contribution in [0.4, 0.5) is 5.69 Å². The van der Waals surface area contributed by atoms with Crippen LogP contribution in [0.1, 0.15) is 18.1 Å². The number of anilines is 1. The third kappa shape index (κ3) is 2.13. The predicted molar refractivity (Wildman–Crippen MR) is 73.7 cm³/mol. The molecule has 0 saturated carbocycles. The first kappa shape index (κ1) is 12.0. The lowest BCUT2D eigenvalue weighted by Crippen LogP contribution is -2.21. The van der Waals surface area contributed by atoms with Crippen molar-refractivity contribution in [2.75, 3.05) is 31.6 Å². The van der Waals surface area contributed by atoms with Gasteiger partial charge in [-0.3, -0.25) is 4.90 Å². The Balaban J connectivity index is 1.73. The first-order valence-electron chi connectivity index (χ1n) is 6.96. The summed E-state index contributed by atoms with van der Waals surface area (Å²) in [6.45, 7) is 6.78. The van der Waals surface area contributed by atoms with Crippen molar-refractivity contribution in [1.82, 2.24) is 4.90 Å². The van der Waals surface area contributed by atoms with Gasteiger partial charge < -0.3 is 10.4 Å². The molecule has 3 rings (SSSR count). The van der Waals surface area contributed by atoms with Gasteiger partial charge in [-0.25, -0.2) is 0 Å². The molecule has 1 aromatic rings. The zero-order chi connectivity index (χ0) is 12.5. The number of aliphatic hydroxyl groups excluding tert-OH is 1. The fraction of sp³-hybridized carbons (Fsp3) is 0.600. The van der Waals surface area contributed by atoms with Gasteiger partial charge in [-0.15, -0.1) is 0 Å². The van der Waals surface area contributed by atoms with Gasteiger partial charge in [-0.05, 0) is 29.4 Å². The molecule has 1 saturated heterocycles. The molecule has 0 aromatic heterocycles. The summed E-state index contributed by atoms with van der Waals surface area (Å²) >= 11 is 0. The van der Waals surface area contributed by atoms with Gasteiger partial charge in [-0.1, -0.05) is 25.1 Å². The summed E-state index contributed by atoms with van der Waals surface area (Å²) in [7, 11) is 0. The van der Waals surface area contributed by atoms with E-state index in [1.54, 1.807) is 0 Å². The quantitative estimate of drug-likeness (QED) is 0.852. The molecule has 0 amide bonds. The lowest BCUT2D eigenvalue weighted by atomic mass is 10.00. The highest BCUT2D eigenvalue weighted by atomic mass is 16.3. The summed E-state index contributed by atoms with van der Waals surface area (Å²) in [5, 5.41) is 12.8. The molecule has 0 spiro atoms. The summed E-state index contributed by atoms with van der Waals surface area (Å²) in [5.41, 5.74) is 4.23. The highest BCUT2D eigenvalue weighted by Gasteiger charge is 2.29. The zero-order valence-electron chi connectivity index (χ0n) is 11.0. The van der Waals surface area contributed by atoms with Gasteiger partial charge in [0.1, 0.15) is 0 Å². The maximum atomic E-state index is 9.34. The van der Waals surface area contributed by atoms with Crippen LogP contribution in [0.3, 0.4) is 0 Å². The van der Waals surface area contributed by atoms with E-state index in [-0.39, 0.29) is 0 Å². The Bertz CT molecular complexity index is 433. The van der Waals surface area contributed by atoms with Gasteiger partial charge in [0.2, 0.25) is 0 Å². The maximum absolute atomic E-state index is 9.34. The second kappa shape index (κ2) is 4.90. The first-order valence-corrected chi connectivity index (χ1v) is 6.96. The van der Waals surface area contributed by atoms with Gasteiger partial charge in [0, 0.05) is 38.5 Å². The van der Waals surface area contributed by atoms with E-state index in [0.717, 1.165) is 32.6 Å². The topological polar surface area (TPSA) is 35.5 Å². The van der Waals surface area contributed by atoms with E-state index in [0.29, 0.717) is 18.4 Å². The second-order valence-corrected chi connectivity index (χ2v) is 5.74. The third-order valence-corrected chi connectivity index (χ3v) is 4.41. The van der Waals surface area contributed by atoms with Gasteiger partial charge in [0.05, 0.1) is 0 Å². The van der Waals surface area contributed by atoms with E-state index in [1.807, 2.05) is 0 Å². The largest absolute Gasteiger partial charge is 0.396 e. The monoisotopic (exact) mass is 246 g/mol. The van der Waals surface area contributed by atoms with Crippen molar-refractivity contribution in [3.63, 3.8) is 0 Å². The van der Waals surface area contributed by atoms with Crippen LogP contribution >= 0.6 is 0 Å². The minimum atomic E-state index is 0.322. The van der Waals surface area contributed by atoms with E-state index in [9.17, 15) is 5.11 Å². The smallest absolute Gasteiger partial charge is 0.0474 e. The molecule has 0 radical (unpaired) electrons. The Morgan fingerprint density at radius 3 is 3.06 bits per heavy atom. The highest BCUT2D eigenvalue weighted by Crippen LogP contribution is 2.30. The summed E-state index contributed by atoms with van der Waals surface area (Å²) < 4.78 is 0. The number of aliphatic hydroxyl groups is 1. The van der Waals surface area contributed by atoms with Crippen LogP contribution in [-0.2, 0) is 13.0 Å². The van der Waals surface area contributed by atoms with Gasteiger partial charge in [-0.2, -0.15) is 0 Å². The molecule has 0 unspecified atom stereocenters. The Morgan fingerprint density at radius 2 is 2.28 bits per heavy atom. The molecule has 3 heteroatoms. The Kier molecular flexibility index (Phi) is 3.27. The molecule has 1 aromatic carbocycles. The number of fused-ring (bicyclic) bond motifs is 1. The Morgan fingerprint density at radius 1 is 1.39 bits per heavy atom. The van der Waals surface area contributed by atoms with E-state index >= 15 is 0 Å². The molecular weight excluding hydrogens is 224 g/mol. The zero-order valence-corrected chi connectivity index (χ0v) is 11.0. The van der Waals surface area contributed by atoms with Crippen LogP contribution in [0.15, 0.2) is 18.2 Å². The van der Waals surface area contributed by atoms with Crippen LogP contribution in [0, 0.1) is 11.8 Å². The van der Waals surface area contributed by atoms with E-state index < -0.39 is 0 Å². The normalized spacial score (nSPS) is 27.2. The lowest BCUT2D eigenvalue weighted by Gasteiger charge is -2.18. The number of nitrogens with zero attached hydrogens (tertiary/aromatic N) is 1. The van der Waals surface area contributed by atoms with Crippen molar-refractivity contribution < 1.29 is 5.11 Å². The van der Waals surface area contributed by atoms with Crippen molar-refractivity contribution in [2.45, 2.75) is 19.9 Å². The molecule has 98 valence electrons. The molecule has 18 heavy (non-hydrogen) atoms. The average molecular weight is 246 g/mol. The molecule has 2 N–H and O–H groups in total. The summed E-state index contributed by atoms with van der Waals surface area (Å²) in [5.74, 6) is 1.06. The van der Waals surface area contributed by atoms with Crippen molar-refractivity contribution >= 4 is 5.69 Å². The highest BCUT2D eigenvalue weighted by molar-refractivity contribution is 5.61. The standard InChI is InChI=1S/C15H22N2O/c1-11-7-17(9-14(11)10-18)8-13-4-2-3-12-5-6-16-15(12)13/h2-4,11,14,16,18H,5-10H2,1H3/t11-,14+/m1/s1. The van der Waals surface area contributed by atoms with Gasteiger partial charge in [0.15, 0.2) is 0 Å². The number of nitrogens with one attached hydrogen (secondary N) is 1. The molecule has 3 nitrogen and oxygen atoms in total. The van der Waals surface area contributed by atoms with E-state index in [4.69, 9.17) is 0 Å². The molecule has 0 bridgehead atoms. The summed E-state index contributed by atoms with van der Waals surface area (Å²) in [6.07, 6.45) is 1.15. The van der Waals surface area contributed by atoms with Gasteiger partial charge in [0.25, 0.3) is 0 Å². The number of hydrogen-bond acceptors (Lipinski definition) is 3. The molecule has 0 aliphatic carbocycles. The van der Waals surface area contributed by atoms with E-state index in [1.165, 1.54) is 16.8 Å². The summed E-state index contributed by atoms with van der Waals surface area (Å²) in [4.78, 5) is 2.47. The van der Waals surface area contributed by atoms with Crippen LogP contribution in [0.2, 0.25) is 0 Å². The SMILES string of the molecule is C[C@@H]1CN(Cc2cccc3c2NCC3)C[C@H]1CO. The minimum absolute atomic E-state index is 0.322. The minimum Gasteiger partial charge on any atom is -0.396 e. The van der Waals surface area contributed by atoms with E-state index in [2.05, 4.69) is 35.3 Å². The van der Waals surface area contributed by atoms with Crippen LogP contribution < -0.4 is 5.32 Å². The van der Waals surface area contributed by atoms with Crippen molar-refractivity contribution in [2.24, 2.45) is 11.8 Å². The molecule has 2 aliphatic heterocycles. The number of likely N-dealkylation sites (tertiary alicyclic amines) is 1. The first-order chi connectivity index (χ1) is 8.78. The Labute approximate surface area is 109 Å². The van der Waals surface area contributed by atoms with Crippen molar-refractivity contribution in [1.29, 1.82) is 0 Å². The molecule has 2 aliphatic rings. The fourth-order valence-corrected chi connectivity index (χ4v) is 3.29. The molecule has 2 heterocycles. The average Bonchev–Trinajstić information content (AvgIpc) is 2.96. The Hall–Kier alpha value is -1.06. The second-order valence-electron chi connectivity index (χ2n) is 5.74. The molecule has 1 fully saturated rings. The number of para-hydroxylation sites is 1. The fourth-order valence-electron chi connectivity index (χ4n) is 3.29. The van der Waals surface area contributed by atoms with Crippen LogP contribution in [0.25, 0.3) is 0 Å². The van der Waals surface area contributed by atoms with Gasteiger partial charge >= 0.3 is 0 Å². The maximum Gasteiger partial charge on any atom is 0.0474 e. The van der Waals surface area contributed by atoms with Crippen LogP contribution in [-0.4, -0.2) is 36.2 Å². The molecule has 2 atom stereocenters. The van der Waals surface area contributed by atoms with Crippen LogP contribution in [0.5, 0.6) is 0 Å². The molecular formula is C15H22N2O.